The number of aliphatic carboxylic acids is 1. The van der Waals surface area contributed by atoms with Gasteiger partial charge in [-0.25, -0.2) is 4.79 Å². The lowest BCUT2D eigenvalue weighted by molar-refractivity contribution is -0.139. The molecule has 0 aliphatic rings. The van der Waals surface area contributed by atoms with Gasteiger partial charge in [-0.2, -0.15) is 0 Å². The molecule has 0 aliphatic carbocycles. The van der Waals surface area contributed by atoms with Gasteiger partial charge in [0.15, 0.2) is 5.65 Å². The minimum atomic E-state index is -1.03. The highest BCUT2D eigenvalue weighted by molar-refractivity contribution is 5.96. The van der Waals surface area contributed by atoms with E-state index in [2.05, 4.69) is 15.5 Å². The average molecular weight is 276 g/mol. The number of hydrogen-bond acceptors (Lipinski definition) is 4. The van der Waals surface area contributed by atoms with Gasteiger partial charge in [0.05, 0.1) is 5.56 Å². The third-order valence-electron chi connectivity index (χ3n) is 2.86. The molecule has 0 aromatic carbocycles. The van der Waals surface area contributed by atoms with Crippen molar-refractivity contribution in [2.75, 3.05) is 0 Å². The van der Waals surface area contributed by atoms with Gasteiger partial charge in [-0.3, -0.25) is 9.20 Å². The highest BCUT2D eigenvalue weighted by Gasteiger charge is 2.21. The predicted molar refractivity (Wildman–Crippen MR) is 71.3 cm³/mol. The highest BCUT2D eigenvalue weighted by Crippen LogP contribution is 2.08. The zero-order valence-electron chi connectivity index (χ0n) is 11.3. The van der Waals surface area contributed by atoms with Crippen LogP contribution in [0.2, 0.25) is 0 Å². The third kappa shape index (κ3) is 3.11. The number of nitrogens with one attached hydrogen (secondary N) is 1. The van der Waals surface area contributed by atoms with Gasteiger partial charge in [0.2, 0.25) is 0 Å². The molecule has 20 heavy (non-hydrogen) atoms. The van der Waals surface area contributed by atoms with Gasteiger partial charge in [0, 0.05) is 6.20 Å². The Balaban J connectivity index is 2.15. The molecule has 0 saturated carbocycles. The molecule has 1 atom stereocenters. The van der Waals surface area contributed by atoms with E-state index in [9.17, 15) is 9.59 Å². The monoisotopic (exact) mass is 276 g/mol. The normalized spacial score (nSPS) is 12.6. The smallest absolute Gasteiger partial charge is 0.326 e. The summed E-state index contributed by atoms with van der Waals surface area (Å²) in [6.07, 6.45) is 3.43. The fraction of sp³-hybridized carbons (Fsp3) is 0.385. The Morgan fingerprint density at radius 1 is 1.40 bits per heavy atom. The van der Waals surface area contributed by atoms with Crippen LogP contribution in [-0.4, -0.2) is 37.6 Å². The largest absolute Gasteiger partial charge is 0.480 e. The van der Waals surface area contributed by atoms with Gasteiger partial charge >= 0.3 is 5.97 Å². The first-order valence-electron chi connectivity index (χ1n) is 6.30. The van der Waals surface area contributed by atoms with Crippen LogP contribution in [0.15, 0.2) is 24.7 Å². The summed E-state index contributed by atoms with van der Waals surface area (Å²) in [5, 5.41) is 19.2. The Morgan fingerprint density at radius 2 is 2.15 bits per heavy atom. The van der Waals surface area contributed by atoms with E-state index >= 15 is 0 Å². The number of amides is 1. The quantitative estimate of drug-likeness (QED) is 0.847. The van der Waals surface area contributed by atoms with Crippen LogP contribution in [-0.2, 0) is 4.79 Å². The summed E-state index contributed by atoms with van der Waals surface area (Å²) in [5.74, 6) is -1.28. The van der Waals surface area contributed by atoms with Crippen molar-refractivity contribution in [3.8, 4) is 0 Å². The summed E-state index contributed by atoms with van der Waals surface area (Å²) in [6, 6.07) is 2.35. The predicted octanol–water partition coefficient (Wildman–Crippen LogP) is 0.958. The maximum Gasteiger partial charge on any atom is 0.326 e. The van der Waals surface area contributed by atoms with E-state index in [1.54, 1.807) is 22.7 Å². The molecule has 1 amide bonds. The van der Waals surface area contributed by atoms with Gasteiger partial charge in [-0.05, 0) is 24.5 Å². The second-order valence-corrected chi connectivity index (χ2v) is 5.01. The van der Waals surface area contributed by atoms with Gasteiger partial charge < -0.3 is 10.4 Å². The van der Waals surface area contributed by atoms with E-state index in [0.717, 1.165) is 0 Å². The van der Waals surface area contributed by atoms with E-state index in [-0.39, 0.29) is 5.92 Å². The van der Waals surface area contributed by atoms with Gasteiger partial charge in [-0.1, -0.05) is 13.8 Å². The number of carboxylic acids is 1. The number of nitrogens with zero attached hydrogens (tertiary/aromatic N) is 3. The lowest BCUT2D eigenvalue weighted by Gasteiger charge is -2.16. The SMILES string of the molecule is CC(C)C[C@H](NC(=O)c1ccc2nncn2c1)C(=O)O. The van der Waals surface area contributed by atoms with Gasteiger partial charge in [0.25, 0.3) is 5.91 Å². The molecule has 0 spiro atoms. The van der Waals surface area contributed by atoms with Crippen molar-refractivity contribution < 1.29 is 14.7 Å². The van der Waals surface area contributed by atoms with E-state index in [1.807, 2.05) is 13.8 Å². The molecule has 2 rings (SSSR count). The van der Waals surface area contributed by atoms with Crippen LogP contribution >= 0.6 is 0 Å². The Kier molecular flexibility index (Phi) is 3.97. The van der Waals surface area contributed by atoms with E-state index in [0.29, 0.717) is 17.6 Å². The number of hydrogen-bond donors (Lipinski definition) is 2. The highest BCUT2D eigenvalue weighted by atomic mass is 16.4. The summed E-state index contributed by atoms with van der Waals surface area (Å²) in [4.78, 5) is 23.2. The number of fused-ring (bicyclic) bond motifs is 1. The van der Waals surface area contributed by atoms with Crippen LogP contribution in [0.25, 0.3) is 5.65 Å². The number of aromatic nitrogens is 3. The van der Waals surface area contributed by atoms with Crippen molar-refractivity contribution in [1.82, 2.24) is 19.9 Å². The second kappa shape index (κ2) is 5.68. The van der Waals surface area contributed by atoms with Crippen molar-refractivity contribution in [3.05, 3.63) is 30.2 Å². The lowest BCUT2D eigenvalue weighted by Crippen LogP contribution is -2.41. The minimum Gasteiger partial charge on any atom is -0.480 e. The zero-order chi connectivity index (χ0) is 14.7. The average Bonchev–Trinajstić information content (AvgIpc) is 2.84. The molecule has 0 bridgehead atoms. The molecule has 2 heterocycles. The molecular weight excluding hydrogens is 260 g/mol. The number of rotatable bonds is 5. The van der Waals surface area contributed by atoms with Crippen molar-refractivity contribution in [3.63, 3.8) is 0 Å². The maximum atomic E-state index is 12.1. The van der Waals surface area contributed by atoms with E-state index < -0.39 is 17.9 Å². The number of carboxylic acid groups (broad SMARTS) is 1. The molecule has 7 heteroatoms. The molecule has 0 aliphatic heterocycles. The topological polar surface area (TPSA) is 96.6 Å². The molecular formula is C13H16N4O3. The molecule has 0 radical (unpaired) electrons. The molecule has 2 aromatic heterocycles. The van der Waals surface area contributed by atoms with Crippen molar-refractivity contribution >= 4 is 17.5 Å². The summed E-state index contributed by atoms with van der Waals surface area (Å²) in [6.45, 7) is 3.82. The summed E-state index contributed by atoms with van der Waals surface area (Å²) in [5.41, 5.74) is 0.992. The first-order valence-corrected chi connectivity index (χ1v) is 6.30. The molecule has 7 nitrogen and oxygen atoms in total. The number of pyridine rings is 1. The number of carbonyl (C=O) groups is 2. The molecule has 2 aromatic rings. The molecule has 2 N–H and O–H groups in total. The Hall–Kier alpha value is -2.44. The fourth-order valence-electron chi connectivity index (χ4n) is 1.90. The standard InChI is InChI=1S/C13H16N4O3/c1-8(2)5-10(13(19)20)15-12(18)9-3-4-11-16-14-7-17(11)6-9/h3-4,6-8,10H,5H2,1-2H3,(H,15,18)(H,19,20)/t10-/m0/s1. The van der Waals surface area contributed by atoms with Crippen molar-refractivity contribution in [2.24, 2.45) is 5.92 Å². The van der Waals surface area contributed by atoms with Crippen LogP contribution in [0.5, 0.6) is 0 Å². The lowest BCUT2D eigenvalue weighted by atomic mass is 10.0. The van der Waals surface area contributed by atoms with Gasteiger partial charge in [0.1, 0.15) is 12.4 Å². The molecule has 0 fully saturated rings. The van der Waals surface area contributed by atoms with E-state index in [4.69, 9.17) is 5.11 Å². The first-order chi connectivity index (χ1) is 9.47. The fourth-order valence-corrected chi connectivity index (χ4v) is 1.90. The Labute approximate surface area is 115 Å². The molecule has 106 valence electrons. The Morgan fingerprint density at radius 3 is 2.80 bits per heavy atom. The zero-order valence-corrected chi connectivity index (χ0v) is 11.3. The first kappa shape index (κ1) is 14.0. The van der Waals surface area contributed by atoms with Crippen LogP contribution < -0.4 is 5.32 Å². The van der Waals surface area contributed by atoms with Crippen molar-refractivity contribution in [1.29, 1.82) is 0 Å². The summed E-state index contributed by atoms with van der Waals surface area (Å²) >= 11 is 0. The molecule has 0 unspecified atom stereocenters. The van der Waals surface area contributed by atoms with Crippen LogP contribution in [0, 0.1) is 5.92 Å². The third-order valence-corrected chi connectivity index (χ3v) is 2.86. The Bertz CT molecular complexity index is 635. The minimum absolute atomic E-state index is 0.178. The van der Waals surface area contributed by atoms with E-state index in [1.165, 1.54) is 6.33 Å². The molecule has 0 saturated heterocycles. The van der Waals surface area contributed by atoms with Gasteiger partial charge in [-0.15, -0.1) is 10.2 Å². The van der Waals surface area contributed by atoms with Crippen molar-refractivity contribution in [2.45, 2.75) is 26.3 Å². The maximum absolute atomic E-state index is 12.1. The number of carbonyl (C=O) groups excluding carboxylic acids is 1. The van der Waals surface area contributed by atoms with Crippen LogP contribution in [0.3, 0.4) is 0 Å². The summed E-state index contributed by atoms with van der Waals surface area (Å²) < 4.78 is 1.60. The van der Waals surface area contributed by atoms with Crippen LogP contribution in [0.4, 0.5) is 0 Å². The van der Waals surface area contributed by atoms with Crippen LogP contribution in [0.1, 0.15) is 30.6 Å². The second-order valence-electron chi connectivity index (χ2n) is 5.01. The summed E-state index contributed by atoms with van der Waals surface area (Å²) in [7, 11) is 0.